The summed E-state index contributed by atoms with van der Waals surface area (Å²) in [6.45, 7) is 4.27. The summed E-state index contributed by atoms with van der Waals surface area (Å²) in [5.41, 5.74) is -0.546. The Morgan fingerprint density at radius 1 is 1.35 bits per heavy atom. The molecule has 17 heavy (non-hydrogen) atoms. The minimum absolute atomic E-state index is 0.0116. The highest BCUT2D eigenvalue weighted by Crippen LogP contribution is 2.44. The topological polar surface area (TPSA) is 52.6 Å². The number of carbonyl (C=O) groups excluding carboxylic acids is 1. The summed E-state index contributed by atoms with van der Waals surface area (Å²) < 4.78 is 0. The minimum atomic E-state index is -0.546. The highest BCUT2D eigenvalue weighted by Gasteiger charge is 2.53. The number of carbonyl (C=O) groups is 1. The van der Waals surface area contributed by atoms with E-state index in [1.807, 2.05) is 4.90 Å². The molecule has 3 aliphatic rings. The second-order valence-electron chi connectivity index (χ2n) is 6.21. The normalized spacial score (nSPS) is 36.5. The summed E-state index contributed by atoms with van der Waals surface area (Å²) in [6, 6.07) is -0.0116. The van der Waals surface area contributed by atoms with Crippen molar-refractivity contribution >= 4 is 5.91 Å². The van der Waals surface area contributed by atoms with Gasteiger partial charge in [-0.25, -0.2) is 0 Å². The smallest absolute Gasteiger partial charge is 0.239 e. The van der Waals surface area contributed by atoms with Gasteiger partial charge in [-0.3, -0.25) is 4.79 Å². The van der Waals surface area contributed by atoms with Crippen molar-refractivity contribution in [3.63, 3.8) is 0 Å². The number of nitrogens with one attached hydrogen (secondary N) is 1. The van der Waals surface area contributed by atoms with Crippen LogP contribution in [0.2, 0.25) is 0 Å². The summed E-state index contributed by atoms with van der Waals surface area (Å²) in [5, 5.41) is 13.5. The lowest BCUT2D eigenvalue weighted by Gasteiger charge is -2.48. The maximum Gasteiger partial charge on any atom is 0.239 e. The number of β-amino-alcohol motifs (C(OH)–C–C–N with tert-alkyl or cyclic N) is 1. The Kier molecular flexibility index (Phi) is 2.67. The van der Waals surface area contributed by atoms with Crippen LogP contribution in [0, 0.1) is 11.8 Å². The number of rotatable bonds is 2. The summed E-state index contributed by atoms with van der Waals surface area (Å²) >= 11 is 0. The van der Waals surface area contributed by atoms with Gasteiger partial charge in [0.15, 0.2) is 0 Å². The molecular formula is C13H22N2O2. The predicted octanol–water partition coefficient (Wildman–Crippen LogP) is 0.358. The fraction of sp³-hybridized carbons (Fsp3) is 0.923. The van der Waals surface area contributed by atoms with Crippen LogP contribution in [0.3, 0.4) is 0 Å². The first-order valence-electron chi connectivity index (χ1n) is 6.83. The summed E-state index contributed by atoms with van der Waals surface area (Å²) in [7, 11) is 0. The van der Waals surface area contributed by atoms with Crippen LogP contribution in [-0.4, -0.2) is 47.2 Å². The van der Waals surface area contributed by atoms with Gasteiger partial charge in [0, 0.05) is 0 Å². The van der Waals surface area contributed by atoms with Gasteiger partial charge in [-0.2, -0.15) is 0 Å². The van der Waals surface area contributed by atoms with Crippen LogP contribution in [0.15, 0.2) is 0 Å². The molecule has 2 saturated heterocycles. The van der Waals surface area contributed by atoms with Crippen LogP contribution in [-0.2, 0) is 4.79 Å². The molecule has 3 rings (SSSR count). The van der Waals surface area contributed by atoms with E-state index < -0.39 is 5.60 Å². The second-order valence-corrected chi connectivity index (χ2v) is 6.21. The van der Waals surface area contributed by atoms with E-state index in [-0.39, 0.29) is 11.9 Å². The molecule has 2 heterocycles. The highest BCUT2D eigenvalue weighted by molar-refractivity contribution is 5.83. The van der Waals surface area contributed by atoms with Crippen molar-refractivity contribution in [2.45, 2.75) is 44.2 Å². The fourth-order valence-corrected chi connectivity index (χ4v) is 3.17. The zero-order valence-corrected chi connectivity index (χ0v) is 10.5. The van der Waals surface area contributed by atoms with Crippen LogP contribution >= 0.6 is 0 Å². The van der Waals surface area contributed by atoms with E-state index in [4.69, 9.17) is 0 Å². The number of amides is 1. The van der Waals surface area contributed by atoms with Crippen LogP contribution in [0.5, 0.6) is 0 Å². The van der Waals surface area contributed by atoms with Gasteiger partial charge in [-0.15, -0.1) is 0 Å². The Labute approximate surface area is 102 Å². The van der Waals surface area contributed by atoms with E-state index in [2.05, 4.69) is 12.2 Å². The summed E-state index contributed by atoms with van der Waals surface area (Å²) in [4.78, 5) is 14.0. The van der Waals surface area contributed by atoms with Gasteiger partial charge in [-0.05, 0) is 44.1 Å². The van der Waals surface area contributed by atoms with E-state index in [0.717, 1.165) is 32.2 Å². The van der Waals surface area contributed by atoms with E-state index in [9.17, 15) is 9.90 Å². The van der Waals surface area contributed by atoms with E-state index in [1.54, 1.807) is 0 Å². The van der Waals surface area contributed by atoms with E-state index >= 15 is 0 Å². The first kappa shape index (κ1) is 11.5. The molecule has 0 spiro atoms. The van der Waals surface area contributed by atoms with Crippen LogP contribution in [0.1, 0.15) is 32.6 Å². The van der Waals surface area contributed by atoms with Crippen molar-refractivity contribution in [1.82, 2.24) is 10.2 Å². The predicted molar refractivity (Wildman–Crippen MR) is 64.4 cm³/mol. The van der Waals surface area contributed by atoms with Crippen molar-refractivity contribution < 1.29 is 9.90 Å². The Morgan fingerprint density at radius 3 is 2.65 bits per heavy atom. The zero-order chi connectivity index (χ0) is 12.0. The quantitative estimate of drug-likeness (QED) is 0.730. The summed E-state index contributed by atoms with van der Waals surface area (Å²) in [6.07, 6.45) is 4.38. The number of hydrogen-bond acceptors (Lipinski definition) is 3. The van der Waals surface area contributed by atoms with Gasteiger partial charge < -0.3 is 15.3 Å². The highest BCUT2D eigenvalue weighted by atomic mass is 16.3. The summed E-state index contributed by atoms with van der Waals surface area (Å²) in [5.74, 6) is 1.29. The molecular weight excluding hydrogens is 216 g/mol. The van der Waals surface area contributed by atoms with Crippen LogP contribution in [0.25, 0.3) is 0 Å². The third-order valence-corrected chi connectivity index (χ3v) is 4.54. The zero-order valence-electron chi connectivity index (χ0n) is 10.5. The monoisotopic (exact) mass is 238 g/mol. The Bertz CT molecular complexity index is 321. The van der Waals surface area contributed by atoms with E-state index in [0.29, 0.717) is 24.9 Å². The molecule has 1 aliphatic carbocycles. The van der Waals surface area contributed by atoms with Gasteiger partial charge in [0.2, 0.25) is 5.91 Å². The molecule has 1 saturated carbocycles. The van der Waals surface area contributed by atoms with Crippen molar-refractivity contribution in [3.05, 3.63) is 0 Å². The molecule has 0 aromatic carbocycles. The average molecular weight is 238 g/mol. The van der Waals surface area contributed by atoms with Crippen LogP contribution in [0.4, 0.5) is 0 Å². The molecule has 4 heteroatoms. The van der Waals surface area contributed by atoms with Gasteiger partial charge in [0.25, 0.3) is 0 Å². The molecule has 0 radical (unpaired) electrons. The molecule has 2 unspecified atom stereocenters. The number of piperidine rings is 1. The Hall–Kier alpha value is -0.610. The molecule has 3 fully saturated rings. The molecule has 2 atom stereocenters. The minimum Gasteiger partial charge on any atom is -0.386 e. The molecule has 4 nitrogen and oxygen atoms in total. The van der Waals surface area contributed by atoms with Crippen molar-refractivity contribution in [2.75, 3.05) is 19.6 Å². The van der Waals surface area contributed by atoms with Gasteiger partial charge in [0.1, 0.15) is 5.60 Å². The lowest BCUT2D eigenvalue weighted by molar-refractivity contribution is -0.162. The first-order chi connectivity index (χ1) is 8.08. The molecule has 0 bridgehead atoms. The Morgan fingerprint density at radius 2 is 2.06 bits per heavy atom. The lowest BCUT2D eigenvalue weighted by atomic mass is 9.86. The number of aliphatic hydroxyl groups is 1. The number of likely N-dealkylation sites (tertiary alicyclic amines) is 1. The maximum absolute atomic E-state index is 12.2. The molecule has 0 aromatic rings. The average Bonchev–Trinajstić information content (AvgIpc) is 3.08. The van der Waals surface area contributed by atoms with Crippen molar-refractivity contribution in [1.29, 1.82) is 0 Å². The van der Waals surface area contributed by atoms with Crippen LogP contribution < -0.4 is 5.32 Å². The first-order valence-corrected chi connectivity index (χ1v) is 6.83. The maximum atomic E-state index is 12.2. The van der Waals surface area contributed by atoms with E-state index in [1.165, 1.54) is 0 Å². The third-order valence-electron chi connectivity index (χ3n) is 4.54. The SMILES string of the molecule is CC1CCNC(C(=O)N2CC(O)(C3CC3)C2)C1. The molecule has 2 aliphatic heterocycles. The Balaban J connectivity index is 1.53. The third kappa shape index (κ3) is 2.08. The van der Waals surface area contributed by atoms with Gasteiger partial charge in [0.05, 0.1) is 19.1 Å². The largest absolute Gasteiger partial charge is 0.386 e. The second kappa shape index (κ2) is 3.95. The van der Waals surface area contributed by atoms with Crippen molar-refractivity contribution in [3.8, 4) is 0 Å². The number of nitrogens with zero attached hydrogens (tertiary/aromatic N) is 1. The van der Waals surface area contributed by atoms with Gasteiger partial charge >= 0.3 is 0 Å². The number of hydrogen-bond donors (Lipinski definition) is 2. The lowest BCUT2D eigenvalue weighted by Crippen LogP contribution is -2.67. The molecule has 0 aromatic heterocycles. The molecule has 96 valence electrons. The standard InChI is InChI=1S/C13H22N2O2/c1-9-4-5-14-11(6-9)12(16)15-7-13(17,8-15)10-2-3-10/h9-11,14,17H,2-8H2,1H3. The fourth-order valence-electron chi connectivity index (χ4n) is 3.17. The molecule has 1 amide bonds. The molecule has 2 N–H and O–H groups in total. The van der Waals surface area contributed by atoms with Gasteiger partial charge in [-0.1, -0.05) is 6.92 Å². The van der Waals surface area contributed by atoms with Crippen molar-refractivity contribution in [2.24, 2.45) is 11.8 Å².